The fourth-order valence-corrected chi connectivity index (χ4v) is 4.48. The monoisotopic (exact) mass is 361 g/mol. The minimum Gasteiger partial charge on any atom is -0.493 e. The minimum absolute atomic E-state index is 0.00423. The standard InChI is InChI=1S/C23H23NO3/c1-26-21-12-11-17(13-22(21)27-18-9-5-6-10-18)23(14-20(25)19(23)15-24)16-7-3-2-4-8-16/h2-4,7-8,11-13,18-19H,5-6,9-10,14H2,1H3. The van der Waals surface area contributed by atoms with E-state index < -0.39 is 11.3 Å². The number of nitriles is 1. The first kappa shape index (κ1) is 17.6. The third kappa shape index (κ3) is 2.88. The molecule has 0 N–H and O–H groups in total. The Kier molecular flexibility index (Phi) is 4.61. The van der Waals surface area contributed by atoms with Crippen molar-refractivity contribution in [3.8, 4) is 17.6 Å². The lowest BCUT2D eigenvalue weighted by molar-refractivity contribution is -0.131. The highest BCUT2D eigenvalue weighted by Gasteiger charge is 2.56. The topological polar surface area (TPSA) is 59.3 Å². The second-order valence-electron chi connectivity index (χ2n) is 7.43. The number of hydrogen-bond donors (Lipinski definition) is 0. The van der Waals surface area contributed by atoms with Crippen molar-refractivity contribution in [2.45, 2.75) is 43.6 Å². The molecule has 2 fully saturated rings. The van der Waals surface area contributed by atoms with Gasteiger partial charge in [0, 0.05) is 6.42 Å². The number of carbonyl (C=O) groups excluding carboxylic acids is 1. The maximum absolute atomic E-state index is 12.2. The predicted octanol–water partition coefficient (Wildman–Crippen LogP) is 4.42. The number of hydrogen-bond acceptors (Lipinski definition) is 4. The van der Waals surface area contributed by atoms with Crippen LogP contribution in [0.3, 0.4) is 0 Å². The second kappa shape index (κ2) is 7.08. The molecule has 27 heavy (non-hydrogen) atoms. The van der Waals surface area contributed by atoms with E-state index in [0.717, 1.165) is 24.0 Å². The first-order valence-corrected chi connectivity index (χ1v) is 9.52. The van der Waals surface area contributed by atoms with Gasteiger partial charge in [-0.05, 0) is 48.9 Å². The van der Waals surface area contributed by atoms with Gasteiger partial charge in [0.15, 0.2) is 17.3 Å². The van der Waals surface area contributed by atoms with Gasteiger partial charge in [-0.25, -0.2) is 0 Å². The Bertz CT molecular complexity index is 880. The van der Waals surface area contributed by atoms with E-state index in [2.05, 4.69) is 6.07 Å². The van der Waals surface area contributed by atoms with Gasteiger partial charge in [0.25, 0.3) is 0 Å². The first-order chi connectivity index (χ1) is 13.2. The van der Waals surface area contributed by atoms with Crippen molar-refractivity contribution in [2.75, 3.05) is 7.11 Å². The van der Waals surface area contributed by atoms with Crippen LogP contribution < -0.4 is 9.47 Å². The summed E-state index contributed by atoms with van der Waals surface area (Å²) in [7, 11) is 1.63. The minimum atomic E-state index is -0.673. The van der Waals surface area contributed by atoms with Gasteiger partial charge >= 0.3 is 0 Å². The predicted molar refractivity (Wildman–Crippen MR) is 102 cm³/mol. The molecule has 2 atom stereocenters. The molecule has 2 aliphatic carbocycles. The van der Waals surface area contributed by atoms with E-state index in [1.54, 1.807) is 7.11 Å². The highest BCUT2D eigenvalue weighted by Crippen LogP contribution is 2.52. The van der Waals surface area contributed by atoms with Crippen molar-refractivity contribution in [2.24, 2.45) is 5.92 Å². The number of rotatable bonds is 5. The highest BCUT2D eigenvalue weighted by atomic mass is 16.5. The zero-order valence-corrected chi connectivity index (χ0v) is 15.5. The third-order valence-electron chi connectivity index (χ3n) is 5.96. The molecular weight excluding hydrogens is 338 g/mol. The Hall–Kier alpha value is -2.80. The molecule has 2 saturated carbocycles. The van der Waals surface area contributed by atoms with Gasteiger partial charge < -0.3 is 9.47 Å². The summed E-state index contributed by atoms with van der Waals surface area (Å²) in [6.45, 7) is 0. The molecule has 0 aromatic heterocycles. The maximum atomic E-state index is 12.2. The molecule has 4 nitrogen and oxygen atoms in total. The van der Waals surface area contributed by atoms with Crippen molar-refractivity contribution in [1.82, 2.24) is 0 Å². The van der Waals surface area contributed by atoms with Crippen molar-refractivity contribution < 1.29 is 14.3 Å². The number of Topliss-reactive ketones (excluding diaryl/α,β-unsaturated/α-hetero) is 1. The number of nitrogens with zero attached hydrogens (tertiary/aromatic N) is 1. The van der Waals surface area contributed by atoms with E-state index in [1.165, 1.54) is 12.8 Å². The van der Waals surface area contributed by atoms with Gasteiger partial charge in [0.05, 0.1) is 24.7 Å². The Morgan fingerprint density at radius 3 is 2.41 bits per heavy atom. The summed E-state index contributed by atoms with van der Waals surface area (Å²) in [4.78, 5) is 12.2. The van der Waals surface area contributed by atoms with Crippen LogP contribution in [-0.2, 0) is 10.2 Å². The van der Waals surface area contributed by atoms with E-state index in [-0.39, 0.29) is 11.9 Å². The molecule has 0 amide bonds. The van der Waals surface area contributed by atoms with Gasteiger partial charge in [-0.1, -0.05) is 36.4 Å². The van der Waals surface area contributed by atoms with E-state index in [4.69, 9.17) is 9.47 Å². The number of ether oxygens (including phenoxy) is 2. The molecule has 2 unspecified atom stereocenters. The molecule has 2 aromatic rings. The lowest BCUT2D eigenvalue weighted by Gasteiger charge is -2.45. The van der Waals surface area contributed by atoms with E-state index in [9.17, 15) is 10.1 Å². The Morgan fingerprint density at radius 1 is 1.04 bits per heavy atom. The lowest BCUT2D eigenvalue weighted by Crippen LogP contribution is -2.52. The van der Waals surface area contributed by atoms with Crippen LogP contribution in [0.2, 0.25) is 0 Å². The number of ketones is 1. The van der Waals surface area contributed by atoms with Crippen molar-refractivity contribution in [3.05, 3.63) is 59.7 Å². The van der Waals surface area contributed by atoms with Crippen LogP contribution >= 0.6 is 0 Å². The quantitative estimate of drug-likeness (QED) is 0.791. The third-order valence-corrected chi connectivity index (χ3v) is 5.96. The van der Waals surface area contributed by atoms with Crippen molar-refractivity contribution in [3.63, 3.8) is 0 Å². The molecule has 0 aliphatic heterocycles. The molecule has 4 rings (SSSR count). The van der Waals surface area contributed by atoms with Gasteiger partial charge in [-0.15, -0.1) is 0 Å². The molecule has 4 heteroatoms. The van der Waals surface area contributed by atoms with Gasteiger partial charge in [-0.2, -0.15) is 5.26 Å². The van der Waals surface area contributed by atoms with Gasteiger partial charge in [0.2, 0.25) is 0 Å². The molecule has 2 aromatic carbocycles. The Morgan fingerprint density at radius 2 is 1.78 bits per heavy atom. The first-order valence-electron chi connectivity index (χ1n) is 9.52. The SMILES string of the molecule is COc1ccc(C2(c3ccccc3)CC(=O)C2C#N)cc1OC1CCCC1. The fraction of sp³-hybridized carbons (Fsp3) is 0.391. The second-order valence-corrected chi connectivity index (χ2v) is 7.43. The molecular formula is C23H23NO3. The molecule has 0 radical (unpaired) electrons. The molecule has 0 bridgehead atoms. The number of benzene rings is 2. The van der Waals surface area contributed by atoms with Crippen molar-refractivity contribution >= 4 is 5.78 Å². The zero-order chi connectivity index (χ0) is 18.9. The molecule has 0 saturated heterocycles. The Labute approximate surface area is 159 Å². The van der Waals surface area contributed by atoms with E-state index in [1.807, 2.05) is 48.5 Å². The summed E-state index contributed by atoms with van der Waals surface area (Å²) >= 11 is 0. The van der Waals surface area contributed by atoms with Crippen LogP contribution in [0.1, 0.15) is 43.2 Å². The molecule has 0 heterocycles. The summed E-state index contributed by atoms with van der Waals surface area (Å²) < 4.78 is 11.7. The van der Waals surface area contributed by atoms with Gasteiger partial charge in [0.1, 0.15) is 5.92 Å². The largest absolute Gasteiger partial charge is 0.493 e. The van der Waals surface area contributed by atoms with Crippen LogP contribution in [0.25, 0.3) is 0 Å². The smallest absolute Gasteiger partial charge is 0.161 e. The van der Waals surface area contributed by atoms with E-state index >= 15 is 0 Å². The fourth-order valence-electron chi connectivity index (χ4n) is 4.48. The Balaban J connectivity index is 1.79. The normalized spacial score (nSPS) is 24.9. The highest BCUT2D eigenvalue weighted by molar-refractivity contribution is 5.95. The zero-order valence-electron chi connectivity index (χ0n) is 15.5. The lowest BCUT2D eigenvalue weighted by atomic mass is 9.53. The average molecular weight is 361 g/mol. The van der Waals surface area contributed by atoms with Crippen LogP contribution in [0.5, 0.6) is 11.5 Å². The van der Waals surface area contributed by atoms with Crippen LogP contribution in [-0.4, -0.2) is 19.0 Å². The van der Waals surface area contributed by atoms with Crippen LogP contribution in [0, 0.1) is 17.2 Å². The van der Waals surface area contributed by atoms with Crippen LogP contribution in [0.4, 0.5) is 0 Å². The average Bonchev–Trinajstić information content (AvgIpc) is 3.20. The summed E-state index contributed by atoms with van der Waals surface area (Å²) in [5.41, 5.74) is 1.31. The summed E-state index contributed by atoms with van der Waals surface area (Å²) in [5.74, 6) is 0.712. The van der Waals surface area contributed by atoms with Crippen molar-refractivity contribution in [1.29, 1.82) is 5.26 Å². The number of carbonyl (C=O) groups is 1. The summed E-state index contributed by atoms with van der Waals surface area (Å²) in [5, 5.41) is 9.69. The summed E-state index contributed by atoms with van der Waals surface area (Å²) in [6, 6.07) is 17.9. The number of methoxy groups -OCH3 is 1. The molecule has 2 aliphatic rings. The van der Waals surface area contributed by atoms with Gasteiger partial charge in [-0.3, -0.25) is 4.79 Å². The summed E-state index contributed by atoms with van der Waals surface area (Å²) in [6.07, 6.45) is 5.02. The van der Waals surface area contributed by atoms with E-state index in [0.29, 0.717) is 17.9 Å². The molecule has 0 spiro atoms. The van der Waals surface area contributed by atoms with Crippen LogP contribution in [0.15, 0.2) is 48.5 Å². The molecule has 138 valence electrons. The maximum Gasteiger partial charge on any atom is 0.161 e.